The number of aromatic amines is 1. The number of nitrogens with two attached hydrogens (primary N) is 1. The van der Waals surface area contributed by atoms with Crippen LogP contribution in [0.5, 0.6) is 0 Å². The molecule has 0 fully saturated rings. The molecular weight excluding hydrogens is 400 g/mol. The third-order valence-corrected chi connectivity index (χ3v) is 5.04. The maximum Gasteiger partial charge on any atom is 0.239 e. The summed E-state index contributed by atoms with van der Waals surface area (Å²) >= 11 is 5.17. The van der Waals surface area contributed by atoms with Gasteiger partial charge in [-0.2, -0.15) is 0 Å². The summed E-state index contributed by atoms with van der Waals surface area (Å²) < 4.78 is 57.1. The largest absolute Gasteiger partial charge is 0.368 e. The van der Waals surface area contributed by atoms with E-state index in [2.05, 4.69) is 10.3 Å². The topological polar surface area (TPSA) is 92.9 Å². The zero-order chi connectivity index (χ0) is 20.7. The molecule has 1 aliphatic heterocycles. The Morgan fingerprint density at radius 3 is 2.50 bits per heavy atom. The van der Waals surface area contributed by atoms with Crippen LogP contribution < -0.4 is 11.1 Å². The number of aromatic nitrogens is 2. The third-order valence-electron chi connectivity index (χ3n) is 4.72. The highest BCUT2D eigenvalue weighted by molar-refractivity contribution is 7.71. The summed E-state index contributed by atoms with van der Waals surface area (Å²) in [6.45, 7) is 1.42. The number of carbonyl (C=O) groups is 2. The minimum absolute atomic E-state index is 0.000702. The van der Waals surface area contributed by atoms with Crippen LogP contribution in [0, 0.1) is 28.0 Å². The van der Waals surface area contributed by atoms with Crippen LogP contribution in [0.1, 0.15) is 29.8 Å². The second-order valence-electron chi connectivity index (χ2n) is 6.62. The molecule has 0 spiro atoms. The maximum absolute atomic E-state index is 14.1. The smallest absolute Gasteiger partial charge is 0.239 e. The summed E-state index contributed by atoms with van der Waals surface area (Å²) in [4.78, 5) is 26.0. The number of fused-ring (bicyclic) bond motifs is 1. The molecule has 2 heterocycles. The first-order chi connectivity index (χ1) is 13.1. The lowest BCUT2D eigenvalue weighted by atomic mass is 9.94. The van der Waals surface area contributed by atoms with Crippen LogP contribution in [0.3, 0.4) is 0 Å². The van der Waals surface area contributed by atoms with Crippen LogP contribution in [0.4, 0.5) is 17.6 Å². The number of nitrogens with one attached hydrogen (secondary N) is 2. The number of halogens is 4. The Morgan fingerprint density at radius 1 is 1.32 bits per heavy atom. The summed E-state index contributed by atoms with van der Waals surface area (Å²) in [7, 11) is 0. The standard InChI is InChI=1S/C17H16F4N4O2S/c1-6(16(22)27)23-12(26)4-10-11-2-7(5-25(11)17(28)24-10)13-14(20)8(18)3-9(19)15(13)21/h3,6-7H,2,4-5H2,1H3,(H2,22,27)(H,23,26)(H,24,28)/t6-,7-/m0/s1. The second-order valence-corrected chi connectivity index (χ2v) is 7.00. The molecule has 150 valence electrons. The van der Waals surface area contributed by atoms with Crippen molar-refractivity contribution in [2.75, 3.05) is 0 Å². The number of nitrogens with zero attached hydrogens (tertiary/aromatic N) is 1. The highest BCUT2D eigenvalue weighted by Crippen LogP contribution is 2.36. The summed E-state index contributed by atoms with van der Waals surface area (Å²) in [6, 6.07) is -0.719. The summed E-state index contributed by atoms with van der Waals surface area (Å²) in [5, 5.41) is 2.41. The van der Waals surface area contributed by atoms with Crippen molar-refractivity contribution < 1.29 is 27.2 Å². The van der Waals surface area contributed by atoms with E-state index in [0.29, 0.717) is 11.4 Å². The van der Waals surface area contributed by atoms with Gasteiger partial charge in [0.1, 0.15) is 6.04 Å². The van der Waals surface area contributed by atoms with Crippen LogP contribution in [0.25, 0.3) is 0 Å². The van der Waals surface area contributed by atoms with Crippen molar-refractivity contribution >= 4 is 24.0 Å². The first-order valence-corrected chi connectivity index (χ1v) is 8.73. The average molecular weight is 416 g/mol. The predicted octanol–water partition coefficient (Wildman–Crippen LogP) is 1.97. The first kappa shape index (κ1) is 20.1. The van der Waals surface area contributed by atoms with Crippen molar-refractivity contribution in [2.45, 2.75) is 38.3 Å². The molecule has 0 radical (unpaired) electrons. The molecule has 0 unspecified atom stereocenters. The Labute approximate surface area is 161 Å². The number of amides is 2. The number of primary amides is 1. The molecule has 2 aromatic rings. The molecule has 2 amide bonds. The van der Waals surface area contributed by atoms with Gasteiger partial charge in [-0.3, -0.25) is 9.59 Å². The fraction of sp³-hybridized carbons (Fsp3) is 0.353. The van der Waals surface area contributed by atoms with Gasteiger partial charge in [-0.1, -0.05) is 0 Å². The van der Waals surface area contributed by atoms with Crippen LogP contribution in [-0.2, 0) is 29.0 Å². The Bertz CT molecular complexity index is 1010. The van der Waals surface area contributed by atoms with Crippen molar-refractivity contribution in [1.29, 1.82) is 0 Å². The first-order valence-electron chi connectivity index (χ1n) is 8.32. The summed E-state index contributed by atoms with van der Waals surface area (Å²) in [6.07, 6.45) is -0.156. The van der Waals surface area contributed by atoms with Crippen LogP contribution in [-0.4, -0.2) is 27.4 Å². The molecule has 1 aliphatic rings. The normalized spacial score (nSPS) is 16.7. The lowest BCUT2D eigenvalue weighted by molar-refractivity contribution is -0.126. The number of hydrogen-bond acceptors (Lipinski definition) is 3. The van der Waals surface area contributed by atoms with E-state index in [0.717, 1.165) is 0 Å². The van der Waals surface area contributed by atoms with Crippen LogP contribution in [0.2, 0.25) is 0 Å². The number of imidazole rings is 1. The molecule has 0 bridgehead atoms. The van der Waals surface area contributed by atoms with Crippen molar-refractivity contribution in [3.63, 3.8) is 0 Å². The monoisotopic (exact) mass is 416 g/mol. The van der Waals surface area contributed by atoms with Crippen molar-refractivity contribution in [2.24, 2.45) is 5.73 Å². The number of benzene rings is 1. The molecule has 3 rings (SSSR count). The Morgan fingerprint density at radius 2 is 1.93 bits per heavy atom. The van der Waals surface area contributed by atoms with Crippen LogP contribution >= 0.6 is 12.2 Å². The molecule has 0 saturated heterocycles. The quantitative estimate of drug-likeness (QED) is 0.395. The molecule has 1 aromatic carbocycles. The van der Waals surface area contributed by atoms with E-state index in [1.165, 1.54) is 11.5 Å². The minimum atomic E-state index is -1.48. The molecule has 1 aromatic heterocycles. The number of rotatable bonds is 5. The molecule has 28 heavy (non-hydrogen) atoms. The summed E-state index contributed by atoms with van der Waals surface area (Å²) in [5.41, 5.74) is 5.29. The Kier molecular flexibility index (Phi) is 5.28. The average Bonchev–Trinajstić information content (AvgIpc) is 3.15. The van der Waals surface area contributed by atoms with Gasteiger partial charge in [0.2, 0.25) is 11.8 Å². The van der Waals surface area contributed by atoms with E-state index < -0.39 is 52.6 Å². The highest BCUT2D eigenvalue weighted by atomic mass is 32.1. The molecule has 0 saturated carbocycles. The molecule has 2 atom stereocenters. The van der Waals surface area contributed by atoms with Gasteiger partial charge in [0.15, 0.2) is 28.0 Å². The zero-order valence-corrected chi connectivity index (χ0v) is 15.4. The fourth-order valence-electron chi connectivity index (χ4n) is 3.31. The van der Waals surface area contributed by atoms with Crippen molar-refractivity contribution in [3.8, 4) is 0 Å². The van der Waals surface area contributed by atoms with Crippen molar-refractivity contribution in [1.82, 2.24) is 14.9 Å². The van der Waals surface area contributed by atoms with Crippen LogP contribution in [0.15, 0.2) is 6.07 Å². The number of hydrogen-bond donors (Lipinski definition) is 3. The van der Waals surface area contributed by atoms with Gasteiger partial charge in [-0.15, -0.1) is 0 Å². The van der Waals surface area contributed by atoms with Gasteiger partial charge in [-0.05, 0) is 25.6 Å². The fourth-order valence-corrected chi connectivity index (χ4v) is 3.62. The minimum Gasteiger partial charge on any atom is -0.368 e. The predicted molar refractivity (Wildman–Crippen MR) is 92.8 cm³/mol. The van der Waals surface area contributed by atoms with Gasteiger partial charge in [-0.25, -0.2) is 17.6 Å². The SMILES string of the molecule is C[C@H](NC(=O)Cc1[nH]c(=S)n2c1C[C@H](c1c(F)c(F)cc(F)c1F)C2)C(N)=O. The second kappa shape index (κ2) is 7.38. The van der Waals surface area contributed by atoms with Gasteiger partial charge in [0.25, 0.3) is 0 Å². The van der Waals surface area contributed by atoms with Gasteiger partial charge >= 0.3 is 0 Å². The molecular formula is C17H16F4N4O2S. The lowest BCUT2D eigenvalue weighted by Crippen LogP contribution is -2.42. The third kappa shape index (κ3) is 3.53. The molecule has 0 aliphatic carbocycles. The lowest BCUT2D eigenvalue weighted by Gasteiger charge is -2.13. The van der Waals surface area contributed by atoms with Crippen molar-refractivity contribution in [3.05, 3.63) is 51.1 Å². The molecule has 6 nitrogen and oxygen atoms in total. The van der Waals surface area contributed by atoms with Gasteiger partial charge < -0.3 is 20.6 Å². The summed E-state index contributed by atoms with van der Waals surface area (Å²) in [5.74, 6) is -7.95. The number of H-pyrrole nitrogens is 1. The number of carbonyl (C=O) groups excluding carboxylic acids is 2. The van der Waals surface area contributed by atoms with E-state index in [1.807, 2.05) is 0 Å². The Balaban J connectivity index is 1.87. The van der Waals surface area contributed by atoms with E-state index in [-0.39, 0.29) is 30.2 Å². The molecule has 11 heteroatoms. The van der Waals surface area contributed by atoms with E-state index in [9.17, 15) is 27.2 Å². The van der Waals surface area contributed by atoms with Gasteiger partial charge in [0.05, 0.1) is 6.42 Å². The van der Waals surface area contributed by atoms with Gasteiger partial charge in [0, 0.05) is 35.5 Å². The highest BCUT2D eigenvalue weighted by Gasteiger charge is 2.33. The Hall–Kier alpha value is -2.69. The molecule has 4 N–H and O–H groups in total. The van der Waals surface area contributed by atoms with E-state index in [1.54, 1.807) is 0 Å². The van der Waals surface area contributed by atoms with E-state index >= 15 is 0 Å². The maximum atomic E-state index is 14.1. The van der Waals surface area contributed by atoms with E-state index in [4.69, 9.17) is 18.0 Å². The zero-order valence-electron chi connectivity index (χ0n) is 14.6.